The van der Waals surface area contributed by atoms with Gasteiger partial charge in [0.1, 0.15) is 5.76 Å². The Morgan fingerprint density at radius 1 is 0.837 bits per heavy atom. The molecule has 0 saturated heterocycles. The van der Waals surface area contributed by atoms with Gasteiger partial charge >= 0.3 is 5.97 Å². The highest BCUT2D eigenvalue weighted by molar-refractivity contribution is 6.31. The molecule has 9 heteroatoms. The SMILES string of the molecule is C=C(O)c1ccc(N2N=C(C(C)(C)C)C(=CC=CC=Cc3c(C(C)(C)C)[nH]n(-c4ccc(C(=O)O)cc4)c3=O)C2=O)cc1. The third-order valence-corrected chi connectivity index (χ3v) is 6.83. The fraction of sp³-hybridized carbons (Fsp3) is 0.235. The molecule has 1 aromatic heterocycles. The number of nitrogens with one attached hydrogen (secondary N) is 1. The highest BCUT2D eigenvalue weighted by Gasteiger charge is 2.36. The number of hydrogen-bond acceptors (Lipinski definition) is 5. The van der Waals surface area contributed by atoms with Crippen molar-refractivity contribution < 1.29 is 19.8 Å². The number of aromatic amines is 1. The van der Waals surface area contributed by atoms with Gasteiger partial charge in [-0.3, -0.25) is 14.7 Å². The Kier molecular flexibility index (Phi) is 8.30. The lowest BCUT2D eigenvalue weighted by Crippen LogP contribution is -2.24. The van der Waals surface area contributed by atoms with E-state index in [1.165, 1.54) is 21.8 Å². The molecule has 0 unspecified atom stereocenters. The predicted molar refractivity (Wildman–Crippen MR) is 171 cm³/mol. The van der Waals surface area contributed by atoms with Crippen molar-refractivity contribution in [3.05, 3.63) is 118 Å². The lowest BCUT2D eigenvalue weighted by molar-refractivity contribution is -0.114. The number of rotatable bonds is 7. The van der Waals surface area contributed by atoms with Crippen molar-refractivity contribution in [1.29, 1.82) is 0 Å². The number of H-pyrrole nitrogens is 1. The zero-order valence-corrected chi connectivity index (χ0v) is 25.2. The molecular weight excluding hydrogens is 544 g/mol. The summed E-state index contributed by atoms with van der Waals surface area (Å²) in [6, 6.07) is 12.8. The van der Waals surface area contributed by atoms with Crippen LogP contribution in [0.4, 0.5) is 5.69 Å². The maximum Gasteiger partial charge on any atom is 0.335 e. The predicted octanol–water partition coefficient (Wildman–Crippen LogP) is 6.63. The molecule has 0 atom stereocenters. The van der Waals surface area contributed by atoms with Gasteiger partial charge < -0.3 is 10.2 Å². The van der Waals surface area contributed by atoms with Gasteiger partial charge in [0.05, 0.1) is 39.5 Å². The number of aliphatic hydroxyl groups is 1. The van der Waals surface area contributed by atoms with E-state index in [4.69, 9.17) is 0 Å². The highest BCUT2D eigenvalue weighted by Crippen LogP contribution is 2.32. The number of benzene rings is 2. The van der Waals surface area contributed by atoms with Crippen LogP contribution in [0.15, 0.2) is 94.9 Å². The van der Waals surface area contributed by atoms with Crippen molar-refractivity contribution in [2.24, 2.45) is 10.5 Å². The standard InChI is InChI=1S/C34H36N4O5/c1-21(39)22-13-17-24(18-14-22)37-30(40)26(28(35-37)33(2,3)4)11-9-8-10-12-27-29(34(5,6)7)36-38(31(27)41)25-19-15-23(16-20-25)32(42)43/h8-20,36,39H,1H2,2-7H3,(H,42,43). The highest BCUT2D eigenvalue weighted by atomic mass is 16.4. The molecule has 1 aliphatic rings. The molecular formula is C34H36N4O5. The van der Waals surface area contributed by atoms with E-state index in [0.717, 1.165) is 5.69 Å². The van der Waals surface area contributed by atoms with E-state index in [9.17, 15) is 24.6 Å². The molecule has 222 valence electrons. The van der Waals surface area contributed by atoms with Gasteiger partial charge in [-0.15, -0.1) is 0 Å². The third kappa shape index (κ3) is 6.51. The van der Waals surface area contributed by atoms with Gasteiger partial charge in [-0.25, -0.2) is 9.48 Å². The first kappa shape index (κ1) is 30.8. The van der Waals surface area contributed by atoms with Crippen molar-refractivity contribution in [2.45, 2.75) is 47.0 Å². The molecule has 0 aliphatic carbocycles. The monoisotopic (exact) mass is 580 g/mol. The summed E-state index contributed by atoms with van der Waals surface area (Å²) in [4.78, 5) is 38.0. The Labute approximate surface area is 250 Å². The summed E-state index contributed by atoms with van der Waals surface area (Å²) in [6.45, 7) is 15.5. The van der Waals surface area contributed by atoms with Crippen molar-refractivity contribution in [1.82, 2.24) is 9.78 Å². The molecule has 3 aromatic rings. The van der Waals surface area contributed by atoms with Crippen LogP contribution < -0.4 is 10.6 Å². The first-order chi connectivity index (χ1) is 20.1. The molecule has 3 N–H and O–H groups in total. The second-order valence-electron chi connectivity index (χ2n) is 12.3. The van der Waals surface area contributed by atoms with Crippen LogP contribution in [0.25, 0.3) is 17.5 Å². The number of hydrogen-bond donors (Lipinski definition) is 3. The number of allylic oxidation sites excluding steroid dienone is 4. The first-order valence-corrected chi connectivity index (χ1v) is 13.8. The van der Waals surface area contributed by atoms with Crippen LogP contribution in [0.3, 0.4) is 0 Å². The van der Waals surface area contributed by atoms with Crippen LogP contribution in [-0.2, 0) is 10.2 Å². The summed E-state index contributed by atoms with van der Waals surface area (Å²) in [5.74, 6) is -1.37. The Bertz CT molecular complexity index is 1750. The number of carbonyl (C=O) groups excluding carboxylic acids is 1. The van der Waals surface area contributed by atoms with E-state index in [1.54, 1.807) is 66.8 Å². The van der Waals surface area contributed by atoms with Crippen molar-refractivity contribution in [3.8, 4) is 5.69 Å². The van der Waals surface area contributed by atoms with Gasteiger partial charge in [0, 0.05) is 16.4 Å². The first-order valence-electron chi connectivity index (χ1n) is 13.8. The maximum atomic E-state index is 13.4. The molecule has 0 fully saturated rings. The summed E-state index contributed by atoms with van der Waals surface area (Å²) in [5, 5.41) is 28.0. The van der Waals surface area contributed by atoms with Gasteiger partial charge in [0.25, 0.3) is 11.5 Å². The second-order valence-corrected chi connectivity index (χ2v) is 12.3. The third-order valence-electron chi connectivity index (χ3n) is 6.83. The maximum absolute atomic E-state index is 13.4. The minimum absolute atomic E-state index is 0.0560. The Balaban J connectivity index is 1.63. The molecule has 2 heterocycles. The normalized spacial score (nSPS) is 15.2. The summed E-state index contributed by atoms with van der Waals surface area (Å²) in [5.41, 5.74) is 3.02. The van der Waals surface area contributed by atoms with E-state index in [1.807, 2.05) is 41.5 Å². The quantitative estimate of drug-likeness (QED) is 0.164. The van der Waals surface area contributed by atoms with E-state index in [2.05, 4.69) is 16.8 Å². The molecule has 1 aliphatic heterocycles. The number of nitrogens with zero attached hydrogens (tertiary/aromatic N) is 3. The van der Waals surface area contributed by atoms with Gasteiger partial charge in [-0.1, -0.05) is 66.3 Å². The summed E-state index contributed by atoms with van der Waals surface area (Å²) in [6.07, 6.45) is 8.65. The van der Waals surface area contributed by atoms with E-state index >= 15 is 0 Å². The zero-order valence-electron chi connectivity index (χ0n) is 25.2. The number of aromatic carboxylic acids is 1. The lowest BCUT2D eigenvalue weighted by atomic mass is 9.85. The number of anilines is 1. The Morgan fingerprint density at radius 2 is 1.42 bits per heavy atom. The molecule has 0 saturated carbocycles. The lowest BCUT2D eigenvalue weighted by Gasteiger charge is -2.17. The molecule has 0 spiro atoms. The molecule has 0 bridgehead atoms. The molecule has 2 aromatic carbocycles. The topological polar surface area (TPSA) is 128 Å². The number of amides is 1. The summed E-state index contributed by atoms with van der Waals surface area (Å²) >= 11 is 0. The number of aliphatic hydroxyl groups excluding tert-OH is 1. The fourth-order valence-corrected chi connectivity index (χ4v) is 4.57. The van der Waals surface area contributed by atoms with E-state index in [-0.39, 0.29) is 28.2 Å². The summed E-state index contributed by atoms with van der Waals surface area (Å²) < 4.78 is 1.40. The molecule has 4 rings (SSSR count). The van der Waals surface area contributed by atoms with Crippen LogP contribution in [0, 0.1) is 5.41 Å². The number of carboxylic acid groups (broad SMARTS) is 1. The number of aromatic nitrogens is 2. The van der Waals surface area contributed by atoms with E-state index < -0.39 is 11.4 Å². The number of carbonyl (C=O) groups is 2. The van der Waals surface area contributed by atoms with Crippen LogP contribution in [-0.4, -0.2) is 37.6 Å². The van der Waals surface area contributed by atoms with Crippen LogP contribution in [0.2, 0.25) is 0 Å². The van der Waals surface area contributed by atoms with Gasteiger partial charge in [0.2, 0.25) is 0 Å². The largest absolute Gasteiger partial charge is 0.508 e. The number of hydrazone groups is 1. The zero-order chi connectivity index (χ0) is 31.7. The molecule has 9 nitrogen and oxygen atoms in total. The van der Waals surface area contributed by atoms with Crippen molar-refractivity contribution >= 4 is 35.1 Å². The summed E-state index contributed by atoms with van der Waals surface area (Å²) in [7, 11) is 0. The molecule has 1 amide bonds. The smallest absolute Gasteiger partial charge is 0.335 e. The van der Waals surface area contributed by atoms with Crippen molar-refractivity contribution in [3.63, 3.8) is 0 Å². The average Bonchev–Trinajstić information content (AvgIpc) is 3.45. The van der Waals surface area contributed by atoms with Crippen LogP contribution in [0.5, 0.6) is 0 Å². The van der Waals surface area contributed by atoms with Gasteiger partial charge in [0.15, 0.2) is 0 Å². The van der Waals surface area contributed by atoms with Crippen molar-refractivity contribution in [2.75, 3.05) is 5.01 Å². The fourth-order valence-electron chi connectivity index (χ4n) is 4.57. The van der Waals surface area contributed by atoms with E-state index in [0.29, 0.717) is 33.8 Å². The minimum atomic E-state index is -1.04. The minimum Gasteiger partial charge on any atom is -0.508 e. The van der Waals surface area contributed by atoms with Crippen LogP contribution in [0.1, 0.15) is 68.7 Å². The Hall–Kier alpha value is -5.18. The molecule has 43 heavy (non-hydrogen) atoms. The Morgan fingerprint density at radius 3 is 1.95 bits per heavy atom. The average molecular weight is 581 g/mol. The molecule has 0 radical (unpaired) electrons. The van der Waals surface area contributed by atoms with Gasteiger partial charge in [-0.2, -0.15) is 10.1 Å². The van der Waals surface area contributed by atoms with Gasteiger partial charge in [-0.05, 0) is 60.7 Å². The second kappa shape index (κ2) is 11.6. The van der Waals surface area contributed by atoms with Crippen LogP contribution >= 0.6 is 0 Å². The number of carboxylic acids is 1.